The maximum atomic E-state index is 12.4. The summed E-state index contributed by atoms with van der Waals surface area (Å²) in [5, 5.41) is 0.153. The summed E-state index contributed by atoms with van der Waals surface area (Å²) in [4.78, 5) is 11.5. The molecule has 6 heteroatoms. The van der Waals surface area contributed by atoms with E-state index in [1.165, 1.54) is 0 Å². The molecule has 0 aliphatic rings. The molecule has 1 aromatic heterocycles. The Labute approximate surface area is 101 Å². The fourth-order valence-corrected chi connectivity index (χ4v) is 1.70. The van der Waals surface area contributed by atoms with Gasteiger partial charge in [0.25, 0.3) is 0 Å². The van der Waals surface area contributed by atoms with Crippen molar-refractivity contribution in [2.45, 2.75) is 6.18 Å². The third-order valence-corrected chi connectivity index (χ3v) is 2.80. The van der Waals surface area contributed by atoms with Crippen LogP contribution in [0.1, 0.15) is 5.56 Å². The zero-order valence-electron chi connectivity index (χ0n) is 7.64. The molecule has 0 atom stereocenters. The largest absolute Gasteiger partial charge is 0.463 e. The lowest BCUT2D eigenvalue weighted by Crippen LogP contribution is -2.08. The molecule has 0 aliphatic carbocycles. The molecule has 2 nitrogen and oxygen atoms in total. The average molecular weight is 340 g/mol. The molecule has 16 heavy (non-hydrogen) atoms. The molecule has 1 heterocycles. The van der Waals surface area contributed by atoms with Crippen LogP contribution < -0.4 is 5.43 Å². The fraction of sp³-hybridized carbons (Fsp3) is 0.100. The molecular formula is C10H4F3IO2. The van der Waals surface area contributed by atoms with Crippen molar-refractivity contribution in [2.75, 3.05) is 0 Å². The van der Waals surface area contributed by atoms with Crippen molar-refractivity contribution in [2.24, 2.45) is 0 Å². The van der Waals surface area contributed by atoms with E-state index in [1.54, 1.807) is 22.6 Å². The number of fused-ring (bicyclic) bond motifs is 1. The minimum Gasteiger partial charge on any atom is -0.463 e. The molecule has 0 unspecified atom stereocenters. The molecule has 1 aromatic carbocycles. The summed E-state index contributed by atoms with van der Waals surface area (Å²) in [5.41, 5.74) is -1.21. The van der Waals surface area contributed by atoms with Crippen LogP contribution in [0.3, 0.4) is 0 Å². The molecular weight excluding hydrogens is 336 g/mol. The van der Waals surface area contributed by atoms with Crippen LogP contribution in [0.4, 0.5) is 13.2 Å². The van der Waals surface area contributed by atoms with Gasteiger partial charge in [0.2, 0.25) is 5.43 Å². The van der Waals surface area contributed by atoms with Crippen LogP contribution in [-0.2, 0) is 6.18 Å². The van der Waals surface area contributed by atoms with Crippen molar-refractivity contribution in [1.29, 1.82) is 0 Å². The topological polar surface area (TPSA) is 30.2 Å². The zero-order valence-corrected chi connectivity index (χ0v) is 9.80. The molecule has 0 amide bonds. The Kier molecular flexibility index (Phi) is 2.69. The van der Waals surface area contributed by atoms with E-state index < -0.39 is 11.7 Å². The Morgan fingerprint density at radius 3 is 2.56 bits per heavy atom. The summed E-state index contributed by atoms with van der Waals surface area (Å²) >= 11 is 1.77. The highest BCUT2D eigenvalue weighted by atomic mass is 127. The van der Waals surface area contributed by atoms with Gasteiger partial charge in [-0.1, -0.05) is 0 Å². The SMILES string of the molecule is O=c1c(I)coc2cc(C(F)(F)F)ccc12. The molecule has 0 spiro atoms. The van der Waals surface area contributed by atoms with Gasteiger partial charge in [-0.3, -0.25) is 4.79 Å². The number of halogens is 4. The van der Waals surface area contributed by atoms with Crippen LogP contribution in [0.2, 0.25) is 0 Å². The molecule has 0 saturated heterocycles. The maximum Gasteiger partial charge on any atom is 0.416 e. The molecule has 0 aliphatic heterocycles. The molecule has 84 valence electrons. The molecule has 0 bridgehead atoms. The van der Waals surface area contributed by atoms with E-state index in [-0.39, 0.29) is 16.4 Å². The van der Waals surface area contributed by atoms with E-state index >= 15 is 0 Å². The summed E-state index contributed by atoms with van der Waals surface area (Å²) in [5.74, 6) is 0. The molecule has 2 rings (SSSR count). The quantitative estimate of drug-likeness (QED) is 0.688. The lowest BCUT2D eigenvalue weighted by atomic mass is 10.1. The minimum absolute atomic E-state index is 0.0553. The summed E-state index contributed by atoms with van der Waals surface area (Å²) in [7, 11) is 0. The van der Waals surface area contributed by atoms with Crippen molar-refractivity contribution in [3.63, 3.8) is 0 Å². The lowest BCUT2D eigenvalue weighted by molar-refractivity contribution is -0.137. The van der Waals surface area contributed by atoms with Crippen LogP contribution >= 0.6 is 22.6 Å². The predicted octanol–water partition coefficient (Wildman–Crippen LogP) is 3.42. The summed E-state index contributed by atoms with van der Waals surface area (Å²) in [6.07, 6.45) is -3.29. The van der Waals surface area contributed by atoms with Gasteiger partial charge in [-0.25, -0.2) is 0 Å². The zero-order chi connectivity index (χ0) is 11.9. The van der Waals surface area contributed by atoms with Gasteiger partial charge in [-0.15, -0.1) is 0 Å². The van der Waals surface area contributed by atoms with Crippen molar-refractivity contribution in [3.05, 3.63) is 43.8 Å². The van der Waals surface area contributed by atoms with Gasteiger partial charge in [-0.2, -0.15) is 13.2 Å². The second-order valence-corrected chi connectivity index (χ2v) is 4.28. The summed E-state index contributed by atoms with van der Waals surface area (Å²) in [6, 6.07) is 2.83. The molecule has 0 radical (unpaired) electrons. The number of benzene rings is 1. The van der Waals surface area contributed by atoms with Crippen molar-refractivity contribution in [1.82, 2.24) is 0 Å². The van der Waals surface area contributed by atoms with Crippen molar-refractivity contribution in [3.8, 4) is 0 Å². The van der Waals surface area contributed by atoms with Crippen LogP contribution in [0.15, 0.2) is 33.7 Å². The smallest absolute Gasteiger partial charge is 0.416 e. The van der Waals surface area contributed by atoms with Crippen LogP contribution in [-0.4, -0.2) is 0 Å². The number of alkyl halides is 3. The van der Waals surface area contributed by atoms with Crippen LogP contribution in [0.5, 0.6) is 0 Å². The van der Waals surface area contributed by atoms with Gasteiger partial charge >= 0.3 is 6.18 Å². The Hall–Kier alpha value is -1.05. The first-order valence-corrected chi connectivity index (χ1v) is 5.26. The first-order chi connectivity index (χ1) is 7.39. The van der Waals surface area contributed by atoms with E-state index in [2.05, 4.69) is 0 Å². The fourth-order valence-electron chi connectivity index (χ4n) is 1.28. The van der Waals surface area contributed by atoms with Gasteiger partial charge in [0.15, 0.2) is 0 Å². The first-order valence-electron chi connectivity index (χ1n) is 4.18. The third kappa shape index (κ3) is 1.93. The molecule has 0 fully saturated rings. The summed E-state index contributed by atoms with van der Waals surface area (Å²) in [6.45, 7) is 0. The average Bonchev–Trinajstić information content (AvgIpc) is 2.22. The Morgan fingerprint density at radius 1 is 1.25 bits per heavy atom. The normalized spacial score (nSPS) is 12.0. The van der Waals surface area contributed by atoms with E-state index in [9.17, 15) is 18.0 Å². The standard InChI is InChI=1S/C10H4F3IO2/c11-10(12,13)5-1-2-6-8(3-5)16-4-7(14)9(6)15/h1-4H. The second-order valence-electron chi connectivity index (χ2n) is 3.12. The maximum absolute atomic E-state index is 12.4. The first kappa shape index (κ1) is 11.4. The monoisotopic (exact) mass is 340 g/mol. The Balaban J connectivity index is 2.75. The lowest BCUT2D eigenvalue weighted by Gasteiger charge is -2.06. The van der Waals surface area contributed by atoms with E-state index in [1.807, 2.05) is 0 Å². The highest BCUT2D eigenvalue weighted by Gasteiger charge is 2.30. The summed E-state index contributed by atoms with van der Waals surface area (Å²) < 4.78 is 42.4. The van der Waals surface area contributed by atoms with Gasteiger partial charge in [0.05, 0.1) is 14.5 Å². The second kappa shape index (κ2) is 3.76. The Bertz CT molecular complexity index is 601. The molecule has 2 aromatic rings. The van der Waals surface area contributed by atoms with E-state index in [4.69, 9.17) is 4.42 Å². The predicted molar refractivity (Wildman–Crippen MR) is 60.2 cm³/mol. The third-order valence-electron chi connectivity index (χ3n) is 2.06. The van der Waals surface area contributed by atoms with Gasteiger partial charge in [-0.05, 0) is 40.8 Å². The molecule has 0 N–H and O–H groups in total. The highest BCUT2D eigenvalue weighted by Crippen LogP contribution is 2.30. The Morgan fingerprint density at radius 2 is 1.94 bits per heavy atom. The van der Waals surface area contributed by atoms with Crippen LogP contribution in [0, 0.1) is 3.57 Å². The number of rotatable bonds is 0. The minimum atomic E-state index is -4.43. The van der Waals surface area contributed by atoms with Crippen molar-refractivity contribution >= 4 is 33.6 Å². The van der Waals surface area contributed by atoms with Gasteiger partial charge in [0, 0.05) is 0 Å². The van der Waals surface area contributed by atoms with Crippen molar-refractivity contribution < 1.29 is 17.6 Å². The number of hydrogen-bond acceptors (Lipinski definition) is 2. The van der Waals surface area contributed by atoms with Crippen LogP contribution in [0.25, 0.3) is 11.0 Å². The van der Waals surface area contributed by atoms with Gasteiger partial charge < -0.3 is 4.42 Å². The molecule has 0 saturated carbocycles. The van der Waals surface area contributed by atoms with E-state index in [0.29, 0.717) is 3.57 Å². The van der Waals surface area contributed by atoms with E-state index in [0.717, 1.165) is 24.5 Å². The van der Waals surface area contributed by atoms with Gasteiger partial charge in [0.1, 0.15) is 11.8 Å². The highest BCUT2D eigenvalue weighted by molar-refractivity contribution is 14.1. The number of hydrogen-bond donors (Lipinski definition) is 0.